The Hall–Kier alpha value is -1.33. The predicted octanol–water partition coefficient (Wildman–Crippen LogP) is 10.1. The molecular formula is C48H91NO8. The van der Waals surface area contributed by atoms with E-state index in [0.29, 0.717) is 6.42 Å². The van der Waals surface area contributed by atoms with Gasteiger partial charge in [-0.3, -0.25) is 4.79 Å². The topological polar surface area (TPSA) is 149 Å². The van der Waals surface area contributed by atoms with Crippen molar-refractivity contribution >= 4 is 5.91 Å². The van der Waals surface area contributed by atoms with Crippen LogP contribution in [0.4, 0.5) is 0 Å². The van der Waals surface area contributed by atoms with Crippen LogP contribution in [-0.4, -0.2) is 87.5 Å². The van der Waals surface area contributed by atoms with E-state index in [0.717, 1.165) is 44.4 Å². The van der Waals surface area contributed by atoms with Gasteiger partial charge in [-0.15, -0.1) is 0 Å². The Morgan fingerprint density at radius 3 is 1.63 bits per heavy atom. The minimum Gasteiger partial charge on any atom is -0.394 e. The molecule has 57 heavy (non-hydrogen) atoms. The number of amides is 1. The first kappa shape index (κ1) is 53.7. The molecule has 1 amide bonds. The van der Waals surface area contributed by atoms with Crippen LogP contribution < -0.4 is 5.32 Å². The first-order chi connectivity index (χ1) is 27.7. The zero-order chi connectivity index (χ0) is 41.8. The summed E-state index contributed by atoms with van der Waals surface area (Å²) in [6, 6.07) is -0.803. The Morgan fingerprint density at radius 1 is 0.649 bits per heavy atom. The summed E-state index contributed by atoms with van der Waals surface area (Å²) in [5.41, 5.74) is 0. The van der Waals surface area contributed by atoms with Gasteiger partial charge in [-0.2, -0.15) is 0 Å². The molecule has 1 aliphatic heterocycles. The number of rotatable bonds is 39. The van der Waals surface area contributed by atoms with Crippen LogP contribution in [0.3, 0.4) is 0 Å². The molecule has 0 aromatic carbocycles. The van der Waals surface area contributed by atoms with Gasteiger partial charge in [0.05, 0.1) is 25.4 Å². The molecule has 1 rings (SSSR count). The Kier molecular flexibility index (Phi) is 35.5. The minimum atomic E-state index is -1.56. The van der Waals surface area contributed by atoms with E-state index in [1.807, 2.05) is 6.08 Å². The molecule has 6 N–H and O–H groups in total. The van der Waals surface area contributed by atoms with E-state index in [2.05, 4.69) is 38.2 Å². The summed E-state index contributed by atoms with van der Waals surface area (Å²) < 4.78 is 11.2. The number of aliphatic hydroxyl groups is 5. The summed E-state index contributed by atoms with van der Waals surface area (Å²) >= 11 is 0. The second-order valence-corrected chi connectivity index (χ2v) is 17.1. The van der Waals surface area contributed by atoms with Gasteiger partial charge in [0.2, 0.25) is 5.91 Å². The van der Waals surface area contributed by atoms with E-state index in [9.17, 15) is 30.3 Å². The van der Waals surface area contributed by atoms with E-state index < -0.39 is 49.5 Å². The number of carbonyl (C=O) groups is 1. The number of nitrogens with one attached hydrogen (secondary N) is 1. The van der Waals surface area contributed by atoms with E-state index >= 15 is 0 Å². The maximum Gasteiger partial charge on any atom is 0.220 e. The largest absolute Gasteiger partial charge is 0.394 e. The molecule has 0 aromatic rings. The molecule has 9 heteroatoms. The summed E-state index contributed by atoms with van der Waals surface area (Å²) in [7, 11) is 0. The van der Waals surface area contributed by atoms with Crippen molar-refractivity contribution in [1.29, 1.82) is 0 Å². The van der Waals surface area contributed by atoms with Crippen molar-refractivity contribution in [2.75, 3.05) is 13.2 Å². The molecule has 0 bridgehead atoms. The van der Waals surface area contributed by atoms with Crippen molar-refractivity contribution in [2.24, 2.45) is 5.92 Å². The second-order valence-electron chi connectivity index (χ2n) is 17.1. The Balaban J connectivity index is 2.30. The maximum atomic E-state index is 13.0. The van der Waals surface area contributed by atoms with Crippen molar-refractivity contribution in [2.45, 2.75) is 256 Å². The van der Waals surface area contributed by atoms with Crippen LogP contribution >= 0.6 is 0 Å². The Morgan fingerprint density at radius 2 is 1.12 bits per heavy atom. The Bertz CT molecular complexity index is 961. The average Bonchev–Trinajstić information content (AvgIpc) is 3.21. The zero-order valence-electron chi connectivity index (χ0n) is 37.0. The molecule has 1 saturated heterocycles. The summed E-state index contributed by atoms with van der Waals surface area (Å²) in [5, 5.41) is 54.2. The van der Waals surface area contributed by atoms with E-state index in [-0.39, 0.29) is 12.5 Å². The quantitative estimate of drug-likeness (QED) is 0.0266. The van der Waals surface area contributed by atoms with Crippen LogP contribution in [0.1, 0.15) is 213 Å². The molecule has 8 atom stereocenters. The molecule has 8 unspecified atom stereocenters. The molecule has 9 nitrogen and oxygen atoms in total. The minimum absolute atomic E-state index is 0.178. The summed E-state index contributed by atoms with van der Waals surface area (Å²) in [4.78, 5) is 13.0. The molecule has 0 saturated carbocycles. The van der Waals surface area contributed by atoms with Gasteiger partial charge in [-0.05, 0) is 50.9 Å². The fraction of sp³-hybridized carbons (Fsp3) is 0.896. The van der Waals surface area contributed by atoms with Crippen molar-refractivity contribution in [3.63, 3.8) is 0 Å². The third-order valence-electron chi connectivity index (χ3n) is 11.8. The van der Waals surface area contributed by atoms with Crippen LogP contribution in [0.5, 0.6) is 0 Å². The molecule has 1 fully saturated rings. The normalized spacial score (nSPS) is 21.7. The van der Waals surface area contributed by atoms with Gasteiger partial charge < -0.3 is 40.3 Å². The highest BCUT2D eigenvalue weighted by Crippen LogP contribution is 2.23. The van der Waals surface area contributed by atoms with Gasteiger partial charge in [0.25, 0.3) is 0 Å². The first-order valence-electron chi connectivity index (χ1n) is 24.0. The fourth-order valence-corrected chi connectivity index (χ4v) is 7.54. The lowest BCUT2D eigenvalue weighted by Crippen LogP contribution is -2.60. The molecule has 0 aliphatic carbocycles. The summed E-state index contributed by atoms with van der Waals surface area (Å²) in [5.74, 6) is 0.651. The molecule has 0 spiro atoms. The number of unbranched alkanes of at least 4 members (excludes halogenated alkanes) is 24. The highest BCUT2D eigenvalue weighted by Gasteiger charge is 2.44. The zero-order valence-corrected chi connectivity index (χ0v) is 37.0. The lowest BCUT2D eigenvalue weighted by atomic mass is 9.99. The first-order valence-corrected chi connectivity index (χ1v) is 24.0. The van der Waals surface area contributed by atoms with E-state index in [1.54, 1.807) is 6.08 Å². The smallest absolute Gasteiger partial charge is 0.220 e. The predicted molar refractivity (Wildman–Crippen MR) is 235 cm³/mol. The maximum absolute atomic E-state index is 13.0. The van der Waals surface area contributed by atoms with E-state index in [4.69, 9.17) is 9.47 Å². The molecular weight excluding hydrogens is 719 g/mol. The highest BCUT2D eigenvalue weighted by atomic mass is 16.7. The second kappa shape index (κ2) is 37.7. The van der Waals surface area contributed by atoms with Crippen molar-refractivity contribution in [1.82, 2.24) is 5.32 Å². The molecule has 0 radical (unpaired) electrons. The number of aliphatic hydroxyl groups excluding tert-OH is 5. The SMILES string of the molecule is CCCCCCCCC=CCCCCCCCCCCCCCC(=O)NC(COC1OC(CO)C(O)C(O)C1O)C(O)C=CCCCCCCCCCC(C)CC. The number of allylic oxidation sites excluding steroid dienone is 3. The standard InChI is InChI=1S/C48H91NO8/c1-4-6-7-8-9-10-11-12-13-14-15-16-17-18-19-20-21-25-28-31-34-37-44(52)49-41(39-56-48-47(55)46(54)45(53)43(38-50)57-48)42(51)36-33-30-27-24-22-23-26-29-32-35-40(3)5-2/h12-13,33,36,40-43,45-48,50-51,53-55H,4-11,14-32,34-35,37-39H2,1-3H3,(H,49,52). The molecule has 336 valence electrons. The van der Waals surface area contributed by atoms with Crippen molar-refractivity contribution in [3.05, 3.63) is 24.3 Å². The van der Waals surface area contributed by atoms with Crippen LogP contribution in [0, 0.1) is 5.92 Å². The molecule has 0 aromatic heterocycles. The van der Waals surface area contributed by atoms with Gasteiger partial charge in [-0.1, -0.05) is 186 Å². The Labute approximate surface area is 349 Å². The van der Waals surface area contributed by atoms with Gasteiger partial charge in [0, 0.05) is 6.42 Å². The van der Waals surface area contributed by atoms with Crippen molar-refractivity contribution < 1.29 is 39.8 Å². The summed E-state index contributed by atoms with van der Waals surface area (Å²) in [6.45, 7) is 6.11. The monoisotopic (exact) mass is 810 g/mol. The highest BCUT2D eigenvalue weighted by molar-refractivity contribution is 5.76. The van der Waals surface area contributed by atoms with E-state index in [1.165, 1.54) is 148 Å². The van der Waals surface area contributed by atoms with Gasteiger partial charge in [0.1, 0.15) is 24.4 Å². The summed E-state index contributed by atoms with van der Waals surface area (Å²) in [6.07, 6.45) is 36.5. The van der Waals surface area contributed by atoms with Crippen LogP contribution in [-0.2, 0) is 14.3 Å². The lowest BCUT2D eigenvalue weighted by Gasteiger charge is -2.40. The molecule has 1 aliphatic rings. The van der Waals surface area contributed by atoms with Crippen LogP contribution in [0.25, 0.3) is 0 Å². The van der Waals surface area contributed by atoms with Gasteiger partial charge >= 0.3 is 0 Å². The molecule has 1 heterocycles. The third-order valence-corrected chi connectivity index (χ3v) is 11.8. The van der Waals surface area contributed by atoms with Gasteiger partial charge in [-0.25, -0.2) is 0 Å². The number of hydrogen-bond donors (Lipinski definition) is 6. The van der Waals surface area contributed by atoms with Crippen LogP contribution in [0.2, 0.25) is 0 Å². The number of hydrogen-bond acceptors (Lipinski definition) is 8. The van der Waals surface area contributed by atoms with Gasteiger partial charge in [0.15, 0.2) is 6.29 Å². The lowest BCUT2D eigenvalue weighted by molar-refractivity contribution is -0.302. The number of carbonyl (C=O) groups excluding carboxylic acids is 1. The number of ether oxygens (including phenoxy) is 2. The fourth-order valence-electron chi connectivity index (χ4n) is 7.54. The van der Waals surface area contributed by atoms with Crippen LogP contribution in [0.15, 0.2) is 24.3 Å². The van der Waals surface area contributed by atoms with Crippen molar-refractivity contribution in [3.8, 4) is 0 Å². The third kappa shape index (κ3) is 28.7. The average molecular weight is 810 g/mol.